The van der Waals surface area contributed by atoms with Crippen LogP contribution in [0, 0.1) is 11.3 Å². The zero-order chi connectivity index (χ0) is 11.4. The van der Waals surface area contributed by atoms with Gasteiger partial charge in [0.25, 0.3) is 0 Å². The predicted molar refractivity (Wildman–Crippen MR) is 59.3 cm³/mol. The number of hydrogen-bond donors (Lipinski definition) is 1. The molecule has 0 heterocycles. The third kappa shape index (κ3) is 2.25. The Morgan fingerprint density at radius 1 is 1.67 bits per heavy atom. The molecule has 0 aliphatic carbocycles. The van der Waals surface area contributed by atoms with Crippen molar-refractivity contribution in [3.63, 3.8) is 0 Å². The maximum atomic E-state index is 11.4. The summed E-state index contributed by atoms with van der Waals surface area (Å²) in [7, 11) is 1.27. The highest BCUT2D eigenvalue weighted by Crippen LogP contribution is 2.24. The molecule has 0 N–H and O–H groups in total. The lowest BCUT2D eigenvalue weighted by atomic mass is 10.0. The number of ether oxygens (including phenoxy) is 1. The van der Waals surface area contributed by atoms with E-state index in [1.54, 1.807) is 12.1 Å². The van der Waals surface area contributed by atoms with Crippen LogP contribution in [-0.2, 0) is 10.6 Å². The number of rotatable bonds is 2. The van der Waals surface area contributed by atoms with Crippen LogP contribution >= 0.6 is 24.2 Å². The lowest BCUT2D eigenvalue weighted by Gasteiger charge is -2.09. The zero-order valence-corrected chi connectivity index (χ0v) is 9.60. The highest BCUT2D eigenvalue weighted by molar-refractivity contribution is 7.80. The van der Waals surface area contributed by atoms with E-state index < -0.39 is 5.97 Å². The second kappa shape index (κ2) is 5.06. The Hall–Kier alpha value is -1.18. The molecule has 0 saturated heterocycles. The first-order chi connectivity index (χ1) is 7.15. The molecule has 0 aliphatic heterocycles. The molecule has 0 radical (unpaired) electrons. The second-order valence-corrected chi connectivity index (χ2v) is 3.47. The monoisotopic (exact) mass is 241 g/mol. The Bertz CT molecular complexity index is 440. The van der Waals surface area contributed by atoms with Crippen LogP contribution in [0.5, 0.6) is 0 Å². The number of nitrogens with zero attached hydrogens (tertiary/aromatic N) is 1. The number of alkyl halides is 1. The van der Waals surface area contributed by atoms with Gasteiger partial charge in [-0.2, -0.15) is 5.26 Å². The fourth-order valence-corrected chi connectivity index (χ4v) is 1.79. The van der Waals surface area contributed by atoms with E-state index in [0.29, 0.717) is 16.0 Å². The summed E-state index contributed by atoms with van der Waals surface area (Å²) in [4.78, 5) is 11.9. The minimum atomic E-state index is -0.534. The van der Waals surface area contributed by atoms with E-state index in [1.807, 2.05) is 6.07 Å². The van der Waals surface area contributed by atoms with Crippen molar-refractivity contribution in [2.75, 3.05) is 7.11 Å². The van der Waals surface area contributed by atoms with Crippen molar-refractivity contribution < 1.29 is 9.53 Å². The predicted octanol–water partition coefficient (Wildman–Crippen LogP) is 2.37. The quantitative estimate of drug-likeness (QED) is 0.491. The topological polar surface area (TPSA) is 50.1 Å². The Morgan fingerprint density at radius 2 is 2.33 bits per heavy atom. The average molecular weight is 242 g/mol. The maximum absolute atomic E-state index is 11.4. The second-order valence-electron chi connectivity index (χ2n) is 2.72. The molecule has 0 amide bonds. The van der Waals surface area contributed by atoms with Crippen molar-refractivity contribution in [1.29, 1.82) is 5.26 Å². The molecule has 0 saturated carbocycles. The average Bonchev–Trinajstić information content (AvgIpc) is 2.27. The standard InChI is InChI=1S/C10H8ClNO2S/c1-14-10(13)9-7(4-11)6(5-12)2-3-8(9)15/h2-3,15H,4H2,1H3. The molecule has 1 rings (SSSR count). The molecular weight excluding hydrogens is 234 g/mol. The van der Waals surface area contributed by atoms with Crippen LogP contribution in [0.1, 0.15) is 21.5 Å². The first-order valence-corrected chi connectivity index (χ1v) is 5.03. The summed E-state index contributed by atoms with van der Waals surface area (Å²) in [6.07, 6.45) is 0. The molecule has 0 aromatic heterocycles. The van der Waals surface area contributed by atoms with E-state index >= 15 is 0 Å². The van der Waals surface area contributed by atoms with Crippen molar-refractivity contribution in [3.05, 3.63) is 28.8 Å². The minimum Gasteiger partial charge on any atom is -0.465 e. The van der Waals surface area contributed by atoms with Gasteiger partial charge in [0.1, 0.15) is 0 Å². The molecule has 78 valence electrons. The van der Waals surface area contributed by atoms with Gasteiger partial charge in [-0.1, -0.05) is 0 Å². The van der Waals surface area contributed by atoms with Gasteiger partial charge in [-0.3, -0.25) is 0 Å². The molecule has 0 fully saturated rings. The maximum Gasteiger partial charge on any atom is 0.339 e. The van der Waals surface area contributed by atoms with Gasteiger partial charge in [0, 0.05) is 16.3 Å². The molecule has 0 unspecified atom stereocenters. The van der Waals surface area contributed by atoms with Crippen LogP contribution in [0.4, 0.5) is 0 Å². The molecule has 0 spiro atoms. The number of hydrogen-bond acceptors (Lipinski definition) is 4. The van der Waals surface area contributed by atoms with E-state index in [2.05, 4.69) is 17.4 Å². The van der Waals surface area contributed by atoms with Gasteiger partial charge in [0.2, 0.25) is 0 Å². The molecule has 0 atom stereocenters. The van der Waals surface area contributed by atoms with E-state index in [9.17, 15) is 4.79 Å². The Kier molecular flexibility index (Phi) is 4.01. The van der Waals surface area contributed by atoms with Crippen LogP contribution in [0.3, 0.4) is 0 Å². The molecule has 0 aliphatic rings. The SMILES string of the molecule is COC(=O)c1c(S)ccc(C#N)c1CCl. The number of methoxy groups -OCH3 is 1. The van der Waals surface area contributed by atoms with Gasteiger partial charge in [-0.05, 0) is 12.1 Å². The summed E-state index contributed by atoms with van der Waals surface area (Å²) < 4.78 is 4.60. The van der Waals surface area contributed by atoms with E-state index in [4.69, 9.17) is 16.9 Å². The molecular formula is C10H8ClNO2S. The van der Waals surface area contributed by atoms with Crippen molar-refractivity contribution in [3.8, 4) is 6.07 Å². The fraction of sp³-hybridized carbons (Fsp3) is 0.200. The summed E-state index contributed by atoms with van der Waals surface area (Å²) >= 11 is 9.83. The van der Waals surface area contributed by atoms with Crippen LogP contribution < -0.4 is 0 Å². The highest BCUT2D eigenvalue weighted by atomic mass is 35.5. The number of carbonyl (C=O) groups excluding carboxylic acids is 1. The van der Waals surface area contributed by atoms with Crippen molar-refractivity contribution in [1.82, 2.24) is 0 Å². The van der Waals surface area contributed by atoms with E-state index in [0.717, 1.165) is 0 Å². The largest absolute Gasteiger partial charge is 0.465 e. The van der Waals surface area contributed by atoms with Gasteiger partial charge >= 0.3 is 5.97 Å². The number of esters is 1. The van der Waals surface area contributed by atoms with Gasteiger partial charge in [-0.15, -0.1) is 24.2 Å². The zero-order valence-electron chi connectivity index (χ0n) is 7.95. The number of carbonyl (C=O) groups is 1. The first-order valence-electron chi connectivity index (χ1n) is 4.05. The van der Waals surface area contributed by atoms with Crippen molar-refractivity contribution >= 4 is 30.2 Å². The van der Waals surface area contributed by atoms with Crippen LogP contribution in [0.15, 0.2) is 17.0 Å². The third-order valence-electron chi connectivity index (χ3n) is 1.93. The molecule has 0 bridgehead atoms. The van der Waals surface area contributed by atoms with E-state index in [1.165, 1.54) is 7.11 Å². The number of thiol groups is 1. The number of nitriles is 1. The van der Waals surface area contributed by atoms with Crippen LogP contribution in [-0.4, -0.2) is 13.1 Å². The lowest BCUT2D eigenvalue weighted by Crippen LogP contribution is -2.08. The summed E-state index contributed by atoms with van der Waals surface area (Å²) in [5.74, 6) is -0.463. The van der Waals surface area contributed by atoms with Crippen molar-refractivity contribution in [2.24, 2.45) is 0 Å². The van der Waals surface area contributed by atoms with Crippen LogP contribution in [0.2, 0.25) is 0 Å². The highest BCUT2D eigenvalue weighted by Gasteiger charge is 2.18. The van der Waals surface area contributed by atoms with Gasteiger partial charge in [-0.25, -0.2) is 4.79 Å². The Morgan fingerprint density at radius 3 is 2.80 bits per heavy atom. The molecule has 1 aromatic rings. The minimum absolute atomic E-state index is 0.0712. The summed E-state index contributed by atoms with van der Waals surface area (Å²) in [6, 6.07) is 5.12. The smallest absolute Gasteiger partial charge is 0.339 e. The normalized spacial score (nSPS) is 9.47. The summed E-state index contributed by atoms with van der Waals surface area (Å²) in [5.41, 5.74) is 1.08. The summed E-state index contributed by atoms with van der Waals surface area (Å²) in [5, 5.41) is 8.83. The van der Waals surface area contributed by atoms with Gasteiger partial charge in [0.05, 0.1) is 24.3 Å². The lowest BCUT2D eigenvalue weighted by molar-refractivity contribution is 0.0596. The van der Waals surface area contributed by atoms with Crippen LogP contribution in [0.25, 0.3) is 0 Å². The van der Waals surface area contributed by atoms with E-state index in [-0.39, 0.29) is 11.4 Å². The summed E-state index contributed by atoms with van der Waals surface area (Å²) in [6.45, 7) is 0. The molecule has 5 heteroatoms. The third-order valence-corrected chi connectivity index (χ3v) is 2.57. The van der Waals surface area contributed by atoms with Crippen molar-refractivity contribution in [2.45, 2.75) is 10.8 Å². The Labute approximate surface area is 98.0 Å². The molecule has 3 nitrogen and oxygen atoms in total. The fourth-order valence-electron chi connectivity index (χ4n) is 1.21. The number of benzene rings is 1. The molecule has 15 heavy (non-hydrogen) atoms. The Balaban J connectivity index is 3.47. The van der Waals surface area contributed by atoms with Gasteiger partial charge in [0.15, 0.2) is 0 Å². The van der Waals surface area contributed by atoms with Gasteiger partial charge < -0.3 is 4.74 Å². The number of halogens is 1. The molecule has 1 aromatic carbocycles. The first kappa shape index (κ1) is 11.9.